The number of hydrogen-bond donors (Lipinski definition) is 1. The van der Waals surface area contributed by atoms with Crippen molar-refractivity contribution >= 4 is 33.4 Å². The summed E-state index contributed by atoms with van der Waals surface area (Å²) < 4.78 is 3.07. The van der Waals surface area contributed by atoms with Gasteiger partial charge in [-0.15, -0.1) is 0 Å². The molecule has 10 heteroatoms. The Hall–Kier alpha value is -4.86. The fraction of sp³-hybridized carbons (Fsp3) is 0.120. The lowest BCUT2D eigenvalue weighted by Gasteiger charge is -2.09. The maximum Gasteiger partial charge on any atom is 0.282 e. The number of fused-ring (bicyclic) bond motifs is 2. The Kier molecular flexibility index (Phi) is 5.76. The minimum atomic E-state index is -0.594. The van der Waals surface area contributed by atoms with Crippen LogP contribution in [0.3, 0.4) is 0 Å². The monoisotopic (exact) mass is 468 g/mol. The zero-order valence-electron chi connectivity index (χ0n) is 18.5. The molecule has 10 nitrogen and oxygen atoms in total. The van der Waals surface area contributed by atoms with Crippen LogP contribution in [0.5, 0.6) is 0 Å². The van der Waals surface area contributed by atoms with Gasteiger partial charge in [0, 0.05) is 12.6 Å². The molecule has 5 aromatic rings. The SMILES string of the molecule is O=C(NCCn1ncc2c(=O)n(Cc3cccc4ccccc34)cnc21)c1ccccc1[N+](=O)[O-]. The van der Waals surface area contributed by atoms with Crippen LogP contribution >= 0.6 is 0 Å². The lowest BCUT2D eigenvalue weighted by Crippen LogP contribution is -2.28. The molecule has 0 aliphatic rings. The molecule has 2 heterocycles. The summed E-state index contributed by atoms with van der Waals surface area (Å²) in [6, 6.07) is 19.7. The van der Waals surface area contributed by atoms with E-state index in [1.165, 1.54) is 35.4 Å². The molecule has 1 N–H and O–H groups in total. The Morgan fingerprint density at radius 3 is 2.63 bits per heavy atom. The standard InChI is InChI=1S/C25H20N6O4/c32-24(20-10-3-4-11-22(20)31(34)35)26-12-13-30-23-21(14-28-30)25(33)29(16-27-23)15-18-8-5-7-17-6-1-2-9-19(17)18/h1-11,14,16H,12-13,15H2,(H,26,32). The minimum absolute atomic E-state index is 0.0164. The molecule has 0 fully saturated rings. The average Bonchev–Trinajstić information content (AvgIpc) is 3.29. The number of carbonyl (C=O) groups is 1. The molecule has 0 unspecified atom stereocenters. The zero-order chi connectivity index (χ0) is 24.4. The Balaban J connectivity index is 1.33. The number of aromatic nitrogens is 4. The number of nitro benzene ring substituents is 1. The summed E-state index contributed by atoms with van der Waals surface area (Å²) in [5, 5.41) is 20.6. The number of rotatable bonds is 7. The highest BCUT2D eigenvalue weighted by Crippen LogP contribution is 2.19. The van der Waals surface area contributed by atoms with Crippen LogP contribution in [0.1, 0.15) is 15.9 Å². The van der Waals surface area contributed by atoms with E-state index < -0.39 is 10.8 Å². The topological polar surface area (TPSA) is 125 Å². The number of nitrogens with zero attached hydrogens (tertiary/aromatic N) is 5. The van der Waals surface area contributed by atoms with Gasteiger partial charge in [-0.1, -0.05) is 54.6 Å². The van der Waals surface area contributed by atoms with Crippen molar-refractivity contribution in [3.63, 3.8) is 0 Å². The van der Waals surface area contributed by atoms with Crippen LogP contribution in [0, 0.1) is 10.1 Å². The molecule has 1 amide bonds. The van der Waals surface area contributed by atoms with Gasteiger partial charge in [0.05, 0.1) is 24.2 Å². The van der Waals surface area contributed by atoms with Gasteiger partial charge in [-0.25, -0.2) is 9.67 Å². The summed E-state index contributed by atoms with van der Waals surface area (Å²) in [6.07, 6.45) is 2.96. The number of para-hydroxylation sites is 1. The summed E-state index contributed by atoms with van der Waals surface area (Å²) in [6.45, 7) is 0.776. The summed E-state index contributed by atoms with van der Waals surface area (Å²) in [7, 11) is 0. The minimum Gasteiger partial charge on any atom is -0.350 e. The number of nitrogens with one attached hydrogen (secondary N) is 1. The second-order valence-electron chi connectivity index (χ2n) is 7.95. The van der Waals surface area contributed by atoms with E-state index in [0.717, 1.165) is 16.3 Å². The van der Waals surface area contributed by atoms with Gasteiger partial charge in [0.15, 0.2) is 5.65 Å². The molecule has 174 valence electrons. The van der Waals surface area contributed by atoms with Crippen molar-refractivity contribution in [2.45, 2.75) is 13.1 Å². The van der Waals surface area contributed by atoms with Gasteiger partial charge in [-0.05, 0) is 22.4 Å². The first-order chi connectivity index (χ1) is 17.0. The highest BCUT2D eigenvalue weighted by Gasteiger charge is 2.19. The first kappa shape index (κ1) is 22.0. The van der Waals surface area contributed by atoms with Crippen molar-refractivity contribution in [2.75, 3.05) is 6.54 Å². The molecular weight excluding hydrogens is 448 g/mol. The zero-order valence-corrected chi connectivity index (χ0v) is 18.5. The van der Waals surface area contributed by atoms with Gasteiger partial charge in [0.25, 0.3) is 17.2 Å². The third kappa shape index (κ3) is 4.24. The lowest BCUT2D eigenvalue weighted by atomic mass is 10.0. The number of amides is 1. The number of hydrogen-bond acceptors (Lipinski definition) is 6. The molecule has 0 saturated heterocycles. The van der Waals surface area contributed by atoms with E-state index in [4.69, 9.17) is 0 Å². The van der Waals surface area contributed by atoms with E-state index in [-0.39, 0.29) is 29.9 Å². The molecule has 2 aromatic heterocycles. The number of benzene rings is 3. The molecular formula is C25H20N6O4. The summed E-state index contributed by atoms with van der Waals surface area (Å²) in [5.41, 5.74) is 0.930. The van der Waals surface area contributed by atoms with Crippen LogP contribution in [0.2, 0.25) is 0 Å². The van der Waals surface area contributed by atoms with E-state index >= 15 is 0 Å². The van der Waals surface area contributed by atoms with E-state index in [0.29, 0.717) is 17.6 Å². The van der Waals surface area contributed by atoms with E-state index in [1.54, 1.807) is 10.6 Å². The lowest BCUT2D eigenvalue weighted by molar-refractivity contribution is -0.385. The summed E-state index contributed by atoms with van der Waals surface area (Å²) >= 11 is 0. The van der Waals surface area contributed by atoms with Crippen molar-refractivity contribution in [3.05, 3.63) is 111 Å². The van der Waals surface area contributed by atoms with Crippen molar-refractivity contribution in [1.29, 1.82) is 0 Å². The third-order valence-electron chi connectivity index (χ3n) is 5.80. The molecule has 0 spiro atoms. The smallest absolute Gasteiger partial charge is 0.282 e. The van der Waals surface area contributed by atoms with Crippen LogP contribution in [0.15, 0.2) is 84.0 Å². The first-order valence-corrected chi connectivity index (χ1v) is 10.9. The van der Waals surface area contributed by atoms with E-state index in [9.17, 15) is 19.7 Å². The maximum absolute atomic E-state index is 13.1. The molecule has 0 aliphatic heterocycles. The highest BCUT2D eigenvalue weighted by molar-refractivity contribution is 5.98. The Bertz CT molecular complexity index is 1630. The number of nitro groups is 1. The molecule has 0 aliphatic carbocycles. The van der Waals surface area contributed by atoms with Crippen LogP contribution in [-0.2, 0) is 13.1 Å². The van der Waals surface area contributed by atoms with Gasteiger partial charge < -0.3 is 5.32 Å². The maximum atomic E-state index is 13.1. The quantitative estimate of drug-likeness (QED) is 0.289. The Labute approximate surface area is 198 Å². The highest BCUT2D eigenvalue weighted by atomic mass is 16.6. The Morgan fingerprint density at radius 2 is 1.77 bits per heavy atom. The second kappa shape index (κ2) is 9.18. The average molecular weight is 468 g/mol. The van der Waals surface area contributed by atoms with Crippen molar-refractivity contribution in [3.8, 4) is 0 Å². The second-order valence-corrected chi connectivity index (χ2v) is 7.95. The fourth-order valence-corrected chi connectivity index (χ4v) is 4.08. The molecule has 0 atom stereocenters. The van der Waals surface area contributed by atoms with Crippen molar-refractivity contribution in [2.24, 2.45) is 0 Å². The van der Waals surface area contributed by atoms with Crippen LogP contribution in [0.4, 0.5) is 5.69 Å². The van der Waals surface area contributed by atoms with Gasteiger partial charge >= 0.3 is 0 Å². The fourth-order valence-electron chi connectivity index (χ4n) is 4.08. The van der Waals surface area contributed by atoms with Crippen LogP contribution in [-0.4, -0.2) is 36.7 Å². The van der Waals surface area contributed by atoms with E-state index in [1.807, 2.05) is 42.5 Å². The van der Waals surface area contributed by atoms with Crippen molar-refractivity contribution < 1.29 is 9.72 Å². The predicted octanol–water partition coefficient (Wildman–Crippen LogP) is 3.13. The summed E-state index contributed by atoms with van der Waals surface area (Å²) in [5.74, 6) is -0.556. The van der Waals surface area contributed by atoms with Gasteiger partial charge in [-0.3, -0.25) is 24.3 Å². The first-order valence-electron chi connectivity index (χ1n) is 10.9. The van der Waals surface area contributed by atoms with Crippen LogP contribution < -0.4 is 10.9 Å². The van der Waals surface area contributed by atoms with Gasteiger partial charge in [0.2, 0.25) is 0 Å². The molecule has 0 bridgehead atoms. The molecule has 0 radical (unpaired) electrons. The third-order valence-corrected chi connectivity index (χ3v) is 5.80. The predicted molar refractivity (Wildman–Crippen MR) is 130 cm³/mol. The molecule has 5 rings (SSSR count). The molecule has 35 heavy (non-hydrogen) atoms. The molecule has 3 aromatic carbocycles. The van der Waals surface area contributed by atoms with Gasteiger partial charge in [-0.2, -0.15) is 5.10 Å². The Morgan fingerprint density at radius 1 is 1.00 bits per heavy atom. The van der Waals surface area contributed by atoms with Gasteiger partial charge in [0.1, 0.15) is 17.3 Å². The molecule has 0 saturated carbocycles. The van der Waals surface area contributed by atoms with E-state index in [2.05, 4.69) is 15.4 Å². The summed E-state index contributed by atoms with van der Waals surface area (Å²) in [4.78, 5) is 40.5. The normalized spacial score (nSPS) is 11.1. The van der Waals surface area contributed by atoms with Crippen LogP contribution in [0.25, 0.3) is 21.8 Å². The van der Waals surface area contributed by atoms with Crippen molar-refractivity contribution in [1.82, 2.24) is 24.6 Å². The largest absolute Gasteiger partial charge is 0.350 e. The number of carbonyl (C=O) groups excluding carboxylic acids is 1.